The van der Waals surface area contributed by atoms with Gasteiger partial charge in [0.05, 0.1) is 11.7 Å². The molecule has 1 aliphatic heterocycles. The number of urea groups is 1. The summed E-state index contributed by atoms with van der Waals surface area (Å²) in [6.45, 7) is 2.32. The summed E-state index contributed by atoms with van der Waals surface area (Å²) in [5, 5.41) is 12.7. The summed E-state index contributed by atoms with van der Waals surface area (Å²) in [4.78, 5) is 16.2. The van der Waals surface area contributed by atoms with Gasteiger partial charge >= 0.3 is 12.2 Å². The van der Waals surface area contributed by atoms with Crippen LogP contribution in [-0.2, 0) is 6.18 Å². The highest BCUT2D eigenvalue weighted by Crippen LogP contribution is 2.30. The molecule has 2 fully saturated rings. The van der Waals surface area contributed by atoms with E-state index in [1.165, 1.54) is 12.1 Å². The van der Waals surface area contributed by atoms with E-state index in [4.69, 9.17) is 0 Å². The van der Waals surface area contributed by atoms with Gasteiger partial charge in [0.25, 0.3) is 0 Å². The van der Waals surface area contributed by atoms with Crippen LogP contribution in [0.15, 0.2) is 24.3 Å². The Morgan fingerprint density at radius 2 is 1.81 bits per heavy atom. The van der Waals surface area contributed by atoms with E-state index in [9.17, 15) is 23.1 Å². The number of nitrogens with zero attached hydrogens (tertiary/aromatic N) is 2. The fourth-order valence-electron chi connectivity index (χ4n) is 3.75. The Balaban J connectivity index is 1.54. The van der Waals surface area contributed by atoms with Crippen molar-refractivity contribution in [2.45, 2.75) is 44.0 Å². The third kappa shape index (κ3) is 4.48. The largest absolute Gasteiger partial charge is 0.416 e. The molecule has 2 unspecified atom stereocenters. The van der Waals surface area contributed by atoms with Gasteiger partial charge in [-0.1, -0.05) is 18.9 Å². The fraction of sp³-hybridized carbons (Fsp3) is 0.611. The standard InChI is InChI=1S/C18H24F3N3O2/c19-18(20,21)13-4-3-5-14(12-13)22-17(26)24-10-8-23(9-11-24)15-6-1-2-7-16(15)25/h3-5,12,15-16,25H,1-2,6-11H2,(H,22,26). The van der Waals surface area contributed by atoms with Crippen molar-refractivity contribution in [2.75, 3.05) is 31.5 Å². The minimum absolute atomic E-state index is 0.134. The normalized spacial score (nSPS) is 25.2. The molecular weight excluding hydrogens is 347 g/mol. The number of anilines is 1. The average Bonchev–Trinajstić information content (AvgIpc) is 2.62. The molecule has 2 N–H and O–H groups in total. The number of hydrogen-bond acceptors (Lipinski definition) is 3. The van der Waals surface area contributed by atoms with Crippen molar-refractivity contribution in [3.8, 4) is 0 Å². The molecule has 144 valence electrons. The Labute approximate surface area is 150 Å². The number of rotatable bonds is 2. The molecule has 1 aromatic carbocycles. The number of piperazine rings is 1. The lowest BCUT2D eigenvalue weighted by molar-refractivity contribution is -0.137. The van der Waals surface area contributed by atoms with Gasteiger partial charge in [0, 0.05) is 37.9 Å². The van der Waals surface area contributed by atoms with Crippen LogP contribution < -0.4 is 5.32 Å². The van der Waals surface area contributed by atoms with E-state index < -0.39 is 17.8 Å². The Bertz CT molecular complexity index is 630. The van der Waals surface area contributed by atoms with Gasteiger partial charge in [0.15, 0.2) is 0 Å². The van der Waals surface area contributed by atoms with Crippen LogP contribution in [0.5, 0.6) is 0 Å². The molecule has 1 saturated heterocycles. The van der Waals surface area contributed by atoms with Gasteiger partial charge in [0.2, 0.25) is 0 Å². The van der Waals surface area contributed by atoms with E-state index in [1.54, 1.807) is 4.90 Å². The first-order chi connectivity index (χ1) is 12.3. The van der Waals surface area contributed by atoms with Crippen LogP contribution in [-0.4, -0.2) is 59.3 Å². The summed E-state index contributed by atoms with van der Waals surface area (Å²) in [7, 11) is 0. The summed E-state index contributed by atoms with van der Waals surface area (Å²) >= 11 is 0. The van der Waals surface area contributed by atoms with E-state index in [0.717, 1.165) is 37.8 Å². The highest BCUT2D eigenvalue weighted by molar-refractivity contribution is 5.89. The van der Waals surface area contributed by atoms with E-state index >= 15 is 0 Å². The summed E-state index contributed by atoms with van der Waals surface area (Å²) < 4.78 is 38.3. The Morgan fingerprint density at radius 1 is 1.12 bits per heavy atom. The first-order valence-electron chi connectivity index (χ1n) is 9.00. The molecular formula is C18H24F3N3O2. The Kier molecular flexibility index (Phi) is 5.72. The molecule has 1 aromatic rings. The van der Waals surface area contributed by atoms with Gasteiger partial charge in [-0.2, -0.15) is 13.2 Å². The number of nitrogens with one attached hydrogen (secondary N) is 1. The fourth-order valence-corrected chi connectivity index (χ4v) is 3.75. The van der Waals surface area contributed by atoms with Crippen molar-refractivity contribution in [1.29, 1.82) is 0 Å². The third-order valence-electron chi connectivity index (χ3n) is 5.21. The molecule has 2 amide bonds. The second-order valence-corrected chi connectivity index (χ2v) is 6.95. The monoisotopic (exact) mass is 371 g/mol. The minimum Gasteiger partial charge on any atom is -0.391 e. The van der Waals surface area contributed by atoms with Crippen molar-refractivity contribution >= 4 is 11.7 Å². The molecule has 8 heteroatoms. The number of aliphatic hydroxyl groups is 1. The average molecular weight is 371 g/mol. The van der Waals surface area contributed by atoms with Gasteiger partial charge in [-0.3, -0.25) is 4.90 Å². The second-order valence-electron chi connectivity index (χ2n) is 6.95. The molecule has 2 atom stereocenters. The quantitative estimate of drug-likeness (QED) is 0.840. The van der Waals surface area contributed by atoms with E-state index in [-0.39, 0.29) is 17.8 Å². The number of aliphatic hydroxyl groups excluding tert-OH is 1. The lowest BCUT2D eigenvalue weighted by Gasteiger charge is -2.42. The molecule has 1 aliphatic carbocycles. The summed E-state index contributed by atoms with van der Waals surface area (Å²) in [6.07, 6.45) is -0.796. The van der Waals surface area contributed by atoms with Gasteiger partial charge in [0.1, 0.15) is 0 Å². The maximum absolute atomic E-state index is 12.8. The SMILES string of the molecule is O=C(Nc1cccc(C(F)(F)F)c1)N1CCN(C2CCCCC2O)CC1. The number of amides is 2. The van der Waals surface area contributed by atoms with Crippen molar-refractivity contribution in [3.63, 3.8) is 0 Å². The molecule has 0 radical (unpaired) electrons. The first kappa shape index (κ1) is 19.0. The zero-order chi connectivity index (χ0) is 18.7. The molecule has 0 spiro atoms. The number of carbonyl (C=O) groups excluding carboxylic acids is 1. The first-order valence-corrected chi connectivity index (χ1v) is 9.00. The highest BCUT2D eigenvalue weighted by Gasteiger charge is 2.33. The van der Waals surface area contributed by atoms with Crippen molar-refractivity contribution in [2.24, 2.45) is 0 Å². The summed E-state index contributed by atoms with van der Waals surface area (Å²) in [6, 6.07) is 4.39. The lowest BCUT2D eigenvalue weighted by Crippen LogP contribution is -2.56. The number of hydrogen-bond donors (Lipinski definition) is 2. The Hall–Kier alpha value is -1.80. The van der Waals surface area contributed by atoms with Crippen LogP contribution >= 0.6 is 0 Å². The van der Waals surface area contributed by atoms with Gasteiger partial charge in [-0.15, -0.1) is 0 Å². The zero-order valence-electron chi connectivity index (χ0n) is 14.5. The number of alkyl halides is 3. The summed E-state index contributed by atoms with van der Waals surface area (Å²) in [5.74, 6) is 0. The molecule has 1 heterocycles. The van der Waals surface area contributed by atoms with Crippen LogP contribution in [0.4, 0.5) is 23.7 Å². The van der Waals surface area contributed by atoms with Crippen LogP contribution in [0.25, 0.3) is 0 Å². The van der Waals surface area contributed by atoms with E-state index in [1.807, 2.05) is 0 Å². The van der Waals surface area contributed by atoms with E-state index in [0.29, 0.717) is 26.2 Å². The van der Waals surface area contributed by atoms with Gasteiger partial charge < -0.3 is 15.3 Å². The minimum atomic E-state index is -4.44. The van der Waals surface area contributed by atoms with Gasteiger partial charge in [-0.05, 0) is 31.0 Å². The molecule has 1 saturated carbocycles. The molecule has 0 aromatic heterocycles. The van der Waals surface area contributed by atoms with Crippen LogP contribution in [0.2, 0.25) is 0 Å². The maximum atomic E-state index is 12.8. The van der Waals surface area contributed by atoms with Crippen LogP contribution in [0.3, 0.4) is 0 Å². The molecule has 26 heavy (non-hydrogen) atoms. The predicted octanol–water partition coefficient (Wildman–Crippen LogP) is 3.16. The van der Waals surface area contributed by atoms with Crippen LogP contribution in [0.1, 0.15) is 31.2 Å². The molecule has 3 rings (SSSR count). The number of benzene rings is 1. The molecule has 2 aliphatic rings. The van der Waals surface area contributed by atoms with Crippen molar-refractivity contribution in [1.82, 2.24) is 9.80 Å². The number of halogens is 3. The molecule has 5 nitrogen and oxygen atoms in total. The maximum Gasteiger partial charge on any atom is 0.416 e. The predicted molar refractivity (Wildman–Crippen MR) is 91.9 cm³/mol. The smallest absolute Gasteiger partial charge is 0.391 e. The topological polar surface area (TPSA) is 55.8 Å². The van der Waals surface area contributed by atoms with Crippen LogP contribution in [0, 0.1) is 0 Å². The Morgan fingerprint density at radius 3 is 2.46 bits per heavy atom. The highest BCUT2D eigenvalue weighted by atomic mass is 19.4. The lowest BCUT2D eigenvalue weighted by atomic mass is 9.91. The van der Waals surface area contributed by atoms with E-state index in [2.05, 4.69) is 10.2 Å². The van der Waals surface area contributed by atoms with Crippen molar-refractivity contribution in [3.05, 3.63) is 29.8 Å². The van der Waals surface area contributed by atoms with Gasteiger partial charge in [-0.25, -0.2) is 4.79 Å². The zero-order valence-corrected chi connectivity index (χ0v) is 14.5. The number of carbonyl (C=O) groups is 1. The third-order valence-corrected chi connectivity index (χ3v) is 5.21. The molecule has 0 bridgehead atoms. The van der Waals surface area contributed by atoms with Crippen molar-refractivity contribution < 1.29 is 23.1 Å². The second kappa shape index (κ2) is 7.84. The summed E-state index contributed by atoms with van der Waals surface area (Å²) in [5.41, 5.74) is -0.652.